The van der Waals surface area contributed by atoms with Crippen molar-refractivity contribution in [3.63, 3.8) is 0 Å². The van der Waals surface area contributed by atoms with Gasteiger partial charge in [-0.15, -0.1) is 0 Å². The highest BCUT2D eigenvalue weighted by Gasteiger charge is 2.10. The maximum Gasteiger partial charge on any atom is 0.202 e. The summed E-state index contributed by atoms with van der Waals surface area (Å²) in [7, 11) is 1.65. The van der Waals surface area contributed by atoms with Crippen LogP contribution in [-0.2, 0) is 29.2 Å². The Morgan fingerprint density at radius 2 is 1.96 bits per heavy atom. The van der Waals surface area contributed by atoms with Crippen LogP contribution in [0, 0.1) is 0 Å². The normalized spacial score (nSPS) is 15.7. The summed E-state index contributed by atoms with van der Waals surface area (Å²) in [5.41, 5.74) is 2.58. The second-order valence-corrected chi connectivity index (χ2v) is 6.26. The number of ether oxygens (including phenoxy) is 2. The van der Waals surface area contributed by atoms with Gasteiger partial charge in [0.25, 0.3) is 0 Å². The van der Waals surface area contributed by atoms with E-state index in [2.05, 4.69) is 43.8 Å². The number of hydrogen-bond acceptors (Lipinski definition) is 7. The molecule has 1 saturated heterocycles. The molecule has 2 aromatic rings. The fourth-order valence-electron chi connectivity index (χ4n) is 2.47. The second-order valence-electron chi connectivity index (χ2n) is 5.51. The minimum atomic E-state index is 0.453. The molecule has 1 N–H and O–H groups in total. The molecule has 1 fully saturated rings. The molecule has 1 aromatic heterocycles. The molecule has 2 heterocycles. The standard InChI is InChI=1S/C16H22N4O2S/c1-21-12-15-18-16(23-19-15)17-10-13-2-4-14(5-3-13)11-20-6-8-22-9-7-20/h2-5H,6-12H2,1H3,(H,17,18,19). The molecule has 1 aliphatic heterocycles. The SMILES string of the molecule is COCc1nsc(NCc2ccc(CN3CCOCC3)cc2)n1. The van der Waals surface area contributed by atoms with Gasteiger partial charge in [-0.2, -0.15) is 4.37 Å². The highest BCUT2D eigenvalue weighted by Crippen LogP contribution is 2.14. The van der Waals surface area contributed by atoms with Crippen LogP contribution in [0.3, 0.4) is 0 Å². The predicted molar refractivity (Wildman–Crippen MR) is 90.5 cm³/mol. The molecular weight excluding hydrogens is 312 g/mol. The summed E-state index contributed by atoms with van der Waals surface area (Å²) < 4.78 is 14.6. The first-order chi connectivity index (χ1) is 11.3. The number of rotatable bonds is 7. The second kappa shape index (κ2) is 8.35. The van der Waals surface area contributed by atoms with Crippen LogP contribution in [0.15, 0.2) is 24.3 Å². The molecule has 0 aliphatic carbocycles. The van der Waals surface area contributed by atoms with Gasteiger partial charge >= 0.3 is 0 Å². The number of methoxy groups -OCH3 is 1. The molecule has 1 aromatic carbocycles. The number of nitrogens with zero attached hydrogens (tertiary/aromatic N) is 3. The van der Waals surface area contributed by atoms with E-state index in [0.717, 1.165) is 50.3 Å². The van der Waals surface area contributed by atoms with Crippen LogP contribution in [0.25, 0.3) is 0 Å². The summed E-state index contributed by atoms with van der Waals surface area (Å²) in [5.74, 6) is 0.723. The monoisotopic (exact) mass is 334 g/mol. The van der Waals surface area contributed by atoms with Crippen molar-refractivity contribution < 1.29 is 9.47 Å². The fraction of sp³-hybridized carbons (Fsp3) is 0.500. The lowest BCUT2D eigenvalue weighted by atomic mass is 10.1. The molecule has 1 aliphatic rings. The molecule has 124 valence electrons. The van der Waals surface area contributed by atoms with Gasteiger partial charge in [0, 0.05) is 44.8 Å². The summed E-state index contributed by atoms with van der Waals surface area (Å²) in [4.78, 5) is 6.79. The van der Waals surface area contributed by atoms with Crippen molar-refractivity contribution in [1.82, 2.24) is 14.3 Å². The van der Waals surface area contributed by atoms with Gasteiger partial charge in [-0.3, -0.25) is 4.90 Å². The molecule has 3 rings (SSSR count). The average Bonchev–Trinajstić information content (AvgIpc) is 3.03. The van der Waals surface area contributed by atoms with Gasteiger partial charge < -0.3 is 14.8 Å². The van der Waals surface area contributed by atoms with Crippen molar-refractivity contribution in [3.8, 4) is 0 Å². The minimum absolute atomic E-state index is 0.453. The van der Waals surface area contributed by atoms with Gasteiger partial charge in [-0.1, -0.05) is 24.3 Å². The lowest BCUT2D eigenvalue weighted by Gasteiger charge is -2.26. The highest BCUT2D eigenvalue weighted by molar-refractivity contribution is 7.09. The smallest absolute Gasteiger partial charge is 0.202 e. The zero-order valence-electron chi connectivity index (χ0n) is 13.3. The molecule has 0 unspecified atom stereocenters. The topological polar surface area (TPSA) is 59.5 Å². The summed E-state index contributed by atoms with van der Waals surface area (Å²) in [6, 6.07) is 8.73. The quantitative estimate of drug-likeness (QED) is 0.837. The lowest BCUT2D eigenvalue weighted by molar-refractivity contribution is 0.0342. The molecular formula is C16H22N4O2S. The predicted octanol–water partition coefficient (Wildman–Crippen LogP) is 2.13. The van der Waals surface area contributed by atoms with E-state index in [4.69, 9.17) is 9.47 Å². The van der Waals surface area contributed by atoms with Gasteiger partial charge in [0.15, 0.2) is 5.82 Å². The lowest BCUT2D eigenvalue weighted by Crippen LogP contribution is -2.35. The van der Waals surface area contributed by atoms with Crippen LogP contribution in [0.1, 0.15) is 17.0 Å². The van der Waals surface area contributed by atoms with E-state index in [-0.39, 0.29) is 0 Å². The van der Waals surface area contributed by atoms with Crippen molar-refractivity contribution >= 4 is 16.7 Å². The molecule has 0 radical (unpaired) electrons. The Hall–Kier alpha value is -1.54. The molecule has 0 spiro atoms. The van der Waals surface area contributed by atoms with Crippen LogP contribution < -0.4 is 5.32 Å². The third-order valence-electron chi connectivity index (χ3n) is 3.72. The number of aromatic nitrogens is 2. The van der Waals surface area contributed by atoms with Crippen molar-refractivity contribution in [2.24, 2.45) is 0 Å². The molecule has 6 nitrogen and oxygen atoms in total. The van der Waals surface area contributed by atoms with Crippen LogP contribution in [-0.4, -0.2) is 47.7 Å². The molecule has 0 atom stereocenters. The maximum atomic E-state index is 5.38. The number of nitrogens with one attached hydrogen (secondary N) is 1. The number of hydrogen-bond donors (Lipinski definition) is 1. The Morgan fingerprint density at radius 1 is 1.22 bits per heavy atom. The van der Waals surface area contributed by atoms with Gasteiger partial charge in [-0.25, -0.2) is 4.98 Å². The highest BCUT2D eigenvalue weighted by atomic mass is 32.1. The van der Waals surface area contributed by atoms with E-state index in [0.29, 0.717) is 6.61 Å². The Morgan fingerprint density at radius 3 is 2.70 bits per heavy atom. The first-order valence-electron chi connectivity index (χ1n) is 7.77. The fourth-order valence-corrected chi connectivity index (χ4v) is 3.04. The first-order valence-corrected chi connectivity index (χ1v) is 8.54. The summed E-state index contributed by atoms with van der Waals surface area (Å²) >= 11 is 1.36. The number of benzene rings is 1. The van der Waals surface area contributed by atoms with Crippen LogP contribution in [0.2, 0.25) is 0 Å². The molecule has 23 heavy (non-hydrogen) atoms. The number of anilines is 1. The van der Waals surface area contributed by atoms with Gasteiger partial charge in [0.05, 0.1) is 13.2 Å². The first kappa shape index (κ1) is 16.3. The van der Waals surface area contributed by atoms with Crippen molar-refractivity contribution in [2.75, 3.05) is 38.7 Å². The van der Waals surface area contributed by atoms with Crippen molar-refractivity contribution in [3.05, 3.63) is 41.2 Å². The Bertz CT molecular complexity index is 596. The van der Waals surface area contributed by atoms with Crippen LogP contribution >= 0.6 is 11.5 Å². The van der Waals surface area contributed by atoms with E-state index in [1.165, 1.54) is 22.7 Å². The van der Waals surface area contributed by atoms with E-state index in [1.807, 2.05) is 0 Å². The van der Waals surface area contributed by atoms with Crippen LogP contribution in [0.5, 0.6) is 0 Å². The van der Waals surface area contributed by atoms with Gasteiger partial charge in [-0.05, 0) is 11.1 Å². The molecule has 0 bridgehead atoms. The third kappa shape index (κ3) is 4.97. The zero-order valence-corrected chi connectivity index (χ0v) is 14.1. The summed E-state index contributed by atoms with van der Waals surface area (Å²) in [6.07, 6.45) is 0. The third-order valence-corrected chi connectivity index (χ3v) is 4.43. The molecule has 0 amide bonds. The largest absolute Gasteiger partial charge is 0.379 e. The van der Waals surface area contributed by atoms with Gasteiger partial charge in [0.1, 0.15) is 6.61 Å². The van der Waals surface area contributed by atoms with Crippen molar-refractivity contribution in [1.29, 1.82) is 0 Å². The van der Waals surface area contributed by atoms with Gasteiger partial charge in [0.2, 0.25) is 5.13 Å². The molecule has 7 heteroatoms. The number of morpholine rings is 1. The minimum Gasteiger partial charge on any atom is -0.379 e. The van der Waals surface area contributed by atoms with Crippen molar-refractivity contribution in [2.45, 2.75) is 19.7 Å². The Kier molecular flexibility index (Phi) is 5.93. The van der Waals surface area contributed by atoms with E-state index in [9.17, 15) is 0 Å². The molecule has 0 saturated carbocycles. The van der Waals surface area contributed by atoms with Crippen LogP contribution in [0.4, 0.5) is 5.13 Å². The van der Waals surface area contributed by atoms with E-state index in [1.54, 1.807) is 7.11 Å². The van der Waals surface area contributed by atoms with E-state index < -0.39 is 0 Å². The average molecular weight is 334 g/mol. The maximum absolute atomic E-state index is 5.38. The van der Waals surface area contributed by atoms with E-state index >= 15 is 0 Å². The summed E-state index contributed by atoms with van der Waals surface area (Å²) in [5, 5.41) is 4.13. The Balaban J connectivity index is 1.48. The summed E-state index contributed by atoms with van der Waals surface area (Å²) in [6.45, 7) is 5.92. The Labute approximate surface area is 140 Å². The zero-order chi connectivity index (χ0) is 15.9.